The predicted molar refractivity (Wildman–Crippen MR) is 66.3 cm³/mol. The molecule has 98 valence electrons. The molecular weight excluding hydrogens is 225 g/mol. The van der Waals surface area contributed by atoms with Crippen molar-refractivity contribution in [2.24, 2.45) is 0 Å². The highest BCUT2D eigenvalue weighted by Gasteiger charge is 2.31. The van der Waals surface area contributed by atoms with Gasteiger partial charge in [-0.3, -0.25) is 0 Å². The zero-order valence-corrected chi connectivity index (χ0v) is 11.2. The lowest BCUT2D eigenvalue weighted by Gasteiger charge is -2.15. The van der Waals surface area contributed by atoms with Crippen LogP contribution in [-0.2, 0) is 12.6 Å². The molecule has 1 rings (SSSR count). The molecule has 0 nitrogen and oxygen atoms in total. The Balaban J connectivity index is 0.00000121. The fraction of sp³-hybridized carbons (Fsp3) is 0.571. The molecule has 0 spiro atoms. The van der Waals surface area contributed by atoms with Gasteiger partial charge < -0.3 is 0 Å². The maximum atomic E-state index is 12.5. The second-order valence-electron chi connectivity index (χ2n) is 3.92. The minimum absolute atomic E-state index is 0.127. The number of benzene rings is 1. The van der Waals surface area contributed by atoms with Crippen LogP contribution in [0.2, 0.25) is 0 Å². The molecule has 0 amide bonds. The van der Waals surface area contributed by atoms with Crippen molar-refractivity contribution in [3.8, 4) is 0 Å². The summed E-state index contributed by atoms with van der Waals surface area (Å²) in [4.78, 5) is 0. The van der Waals surface area contributed by atoms with Gasteiger partial charge >= 0.3 is 6.18 Å². The monoisotopic (exact) mass is 246 g/mol. The van der Waals surface area contributed by atoms with Gasteiger partial charge in [0.1, 0.15) is 0 Å². The van der Waals surface area contributed by atoms with E-state index in [0.29, 0.717) is 0 Å². The Kier molecular flexibility index (Phi) is 6.29. The quantitative estimate of drug-likeness (QED) is 0.653. The first-order valence-electron chi connectivity index (χ1n) is 6.06. The molecule has 0 aliphatic rings. The van der Waals surface area contributed by atoms with Gasteiger partial charge in [-0.05, 0) is 35.6 Å². The smallest absolute Gasteiger partial charge is 0.166 e. The number of rotatable bonds is 2. The molecule has 0 saturated carbocycles. The Morgan fingerprint density at radius 2 is 1.65 bits per heavy atom. The zero-order chi connectivity index (χ0) is 13.6. The van der Waals surface area contributed by atoms with Crippen LogP contribution in [0.4, 0.5) is 13.2 Å². The molecule has 17 heavy (non-hydrogen) atoms. The zero-order valence-electron chi connectivity index (χ0n) is 11.2. The average molecular weight is 246 g/mol. The summed E-state index contributed by atoms with van der Waals surface area (Å²) >= 11 is 0. The van der Waals surface area contributed by atoms with Crippen LogP contribution in [0.5, 0.6) is 0 Å². The van der Waals surface area contributed by atoms with Crippen LogP contribution in [0.3, 0.4) is 0 Å². The lowest BCUT2D eigenvalue weighted by Crippen LogP contribution is -2.07. The molecule has 0 saturated heterocycles. The fourth-order valence-electron chi connectivity index (χ4n) is 1.63. The van der Waals surface area contributed by atoms with Crippen LogP contribution < -0.4 is 0 Å². The van der Waals surface area contributed by atoms with Crippen molar-refractivity contribution in [3.05, 3.63) is 34.9 Å². The molecule has 0 bridgehead atoms. The predicted octanol–water partition coefficient (Wildman–Crippen LogP) is 5.42. The number of hydrogen-bond acceptors (Lipinski definition) is 0. The highest BCUT2D eigenvalue weighted by atomic mass is 19.4. The SMILES string of the molecule is CC.CCc1ccc(C(F)(F)F)cc1C(C)C. The molecule has 0 heterocycles. The Bertz CT molecular complexity index is 338. The van der Waals surface area contributed by atoms with Crippen molar-refractivity contribution >= 4 is 0 Å². The Morgan fingerprint density at radius 1 is 1.12 bits per heavy atom. The summed E-state index contributed by atoms with van der Waals surface area (Å²) in [6.07, 6.45) is -3.47. The van der Waals surface area contributed by atoms with Crippen LogP contribution in [0, 0.1) is 0 Å². The van der Waals surface area contributed by atoms with Crippen molar-refractivity contribution in [1.29, 1.82) is 0 Å². The van der Waals surface area contributed by atoms with E-state index in [9.17, 15) is 13.2 Å². The number of alkyl halides is 3. The molecule has 1 aromatic carbocycles. The molecule has 0 unspecified atom stereocenters. The highest BCUT2D eigenvalue weighted by molar-refractivity contribution is 5.35. The van der Waals surface area contributed by atoms with E-state index in [1.165, 1.54) is 6.07 Å². The van der Waals surface area contributed by atoms with E-state index in [2.05, 4.69) is 0 Å². The van der Waals surface area contributed by atoms with E-state index < -0.39 is 11.7 Å². The second-order valence-corrected chi connectivity index (χ2v) is 3.92. The minimum atomic E-state index is -4.24. The number of hydrogen-bond donors (Lipinski definition) is 0. The van der Waals surface area contributed by atoms with Gasteiger partial charge in [-0.2, -0.15) is 13.2 Å². The van der Waals surface area contributed by atoms with E-state index in [4.69, 9.17) is 0 Å². The van der Waals surface area contributed by atoms with Crippen molar-refractivity contribution < 1.29 is 13.2 Å². The first-order valence-corrected chi connectivity index (χ1v) is 6.06. The van der Waals surface area contributed by atoms with Crippen LogP contribution in [0.25, 0.3) is 0 Å². The van der Waals surface area contributed by atoms with E-state index in [1.54, 1.807) is 6.07 Å². The standard InChI is InChI=1S/C12H15F3.C2H6/c1-4-9-5-6-10(12(13,14)15)7-11(9)8(2)3;1-2/h5-8H,4H2,1-3H3;1-2H3. The largest absolute Gasteiger partial charge is 0.416 e. The Labute approximate surface area is 102 Å². The van der Waals surface area contributed by atoms with E-state index >= 15 is 0 Å². The molecule has 0 aliphatic carbocycles. The van der Waals surface area contributed by atoms with E-state index in [0.717, 1.165) is 23.6 Å². The fourth-order valence-corrected chi connectivity index (χ4v) is 1.63. The average Bonchev–Trinajstić information content (AvgIpc) is 2.29. The van der Waals surface area contributed by atoms with E-state index in [-0.39, 0.29) is 5.92 Å². The Morgan fingerprint density at radius 3 is 2.00 bits per heavy atom. The topological polar surface area (TPSA) is 0 Å². The van der Waals surface area contributed by atoms with Gasteiger partial charge in [0.15, 0.2) is 0 Å². The highest BCUT2D eigenvalue weighted by Crippen LogP contribution is 2.32. The Hall–Kier alpha value is -0.990. The third-order valence-corrected chi connectivity index (χ3v) is 2.48. The summed E-state index contributed by atoms with van der Waals surface area (Å²) in [5.74, 6) is 0.127. The molecule has 0 N–H and O–H groups in total. The lowest BCUT2D eigenvalue weighted by molar-refractivity contribution is -0.137. The summed E-state index contributed by atoms with van der Waals surface area (Å²) < 4.78 is 37.4. The van der Waals surface area contributed by atoms with Gasteiger partial charge in [0, 0.05) is 0 Å². The lowest BCUT2D eigenvalue weighted by atomic mass is 9.93. The summed E-state index contributed by atoms with van der Waals surface area (Å²) in [6, 6.07) is 4.01. The van der Waals surface area contributed by atoms with Gasteiger partial charge in [-0.25, -0.2) is 0 Å². The third-order valence-electron chi connectivity index (χ3n) is 2.48. The van der Waals surface area contributed by atoms with Crippen molar-refractivity contribution in [1.82, 2.24) is 0 Å². The van der Waals surface area contributed by atoms with Crippen molar-refractivity contribution in [2.75, 3.05) is 0 Å². The second kappa shape index (κ2) is 6.67. The first-order chi connectivity index (χ1) is 7.86. The molecule has 0 atom stereocenters. The summed E-state index contributed by atoms with van der Waals surface area (Å²) in [5, 5.41) is 0. The molecule has 0 fully saturated rings. The third kappa shape index (κ3) is 4.41. The van der Waals surface area contributed by atoms with Gasteiger partial charge in [-0.15, -0.1) is 0 Å². The van der Waals surface area contributed by atoms with Gasteiger partial charge in [0.25, 0.3) is 0 Å². The van der Waals surface area contributed by atoms with Crippen LogP contribution >= 0.6 is 0 Å². The molecule has 0 aliphatic heterocycles. The summed E-state index contributed by atoms with van der Waals surface area (Å²) in [7, 11) is 0. The molecule has 1 aromatic rings. The van der Waals surface area contributed by atoms with Crippen LogP contribution in [0.1, 0.15) is 57.2 Å². The van der Waals surface area contributed by atoms with Gasteiger partial charge in [-0.1, -0.05) is 40.7 Å². The van der Waals surface area contributed by atoms with Crippen molar-refractivity contribution in [2.45, 2.75) is 53.1 Å². The molecular formula is C14H21F3. The maximum absolute atomic E-state index is 12.5. The number of halogens is 3. The molecule has 0 aromatic heterocycles. The molecule has 0 radical (unpaired) electrons. The van der Waals surface area contributed by atoms with Crippen LogP contribution in [0.15, 0.2) is 18.2 Å². The van der Waals surface area contributed by atoms with Gasteiger partial charge in [0.2, 0.25) is 0 Å². The molecule has 3 heteroatoms. The maximum Gasteiger partial charge on any atom is 0.416 e. The number of aryl methyl sites for hydroxylation is 1. The summed E-state index contributed by atoms with van der Waals surface area (Å²) in [5.41, 5.74) is 1.24. The van der Waals surface area contributed by atoms with Crippen molar-refractivity contribution in [3.63, 3.8) is 0 Å². The first kappa shape index (κ1) is 16.0. The van der Waals surface area contributed by atoms with Crippen LogP contribution in [-0.4, -0.2) is 0 Å². The minimum Gasteiger partial charge on any atom is -0.166 e. The summed E-state index contributed by atoms with van der Waals surface area (Å²) in [6.45, 7) is 9.78. The normalized spacial score (nSPS) is 11.1. The van der Waals surface area contributed by atoms with Gasteiger partial charge in [0.05, 0.1) is 5.56 Å². The van der Waals surface area contributed by atoms with E-state index in [1.807, 2.05) is 34.6 Å².